The second kappa shape index (κ2) is 3.07. The highest BCUT2D eigenvalue weighted by Crippen LogP contribution is 2.45. The third kappa shape index (κ3) is 1.26. The molecule has 2 heteroatoms. The van der Waals surface area contributed by atoms with Crippen LogP contribution in [0.1, 0.15) is 31.7 Å². The first kappa shape index (κ1) is 9.69. The minimum Gasteiger partial charge on any atom is -0.387 e. The SMILES string of the molecule is CC1(O)CCCC1(O)c1ccccc1. The van der Waals surface area contributed by atoms with E-state index in [0.717, 1.165) is 12.0 Å². The zero-order valence-corrected chi connectivity index (χ0v) is 8.40. The molecule has 1 aliphatic carbocycles. The molecule has 0 aromatic heterocycles. The van der Waals surface area contributed by atoms with E-state index in [1.165, 1.54) is 0 Å². The summed E-state index contributed by atoms with van der Waals surface area (Å²) in [5, 5.41) is 20.6. The van der Waals surface area contributed by atoms with Gasteiger partial charge in [-0.2, -0.15) is 0 Å². The summed E-state index contributed by atoms with van der Waals surface area (Å²) >= 11 is 0. The van der Waals surface area contributed by atoms with Crippen LogP contribution < -0.4 is 0 Å². The van der Waals surface area contributed by atoms with Crippen molar-refractivity contribution >= 4 is 0 Å². The highest BCUT2D eigenvalue weighted by Gasteiger charge is 2.50. The highest BCUT2D eigenvalue weighted by atomic mass is 16.4. The van der Waals surface area contributed by atoms with E-state index in [4.69, 9.17) is 0 Å². The van der Waals surface area contributed by atoms with Gasteiger partial charge in [0.15, 0.2) is 0 Å². The molecule has 14 heavy (non-hydrogen) atoms. The predicted octanol–water partition coefficient (Wildman–Crippen LogP) is 1.81. The maximum atomic E-state index is 10.4. The first-order chi connectivity index (χ1) is 6.56. The van der Waals surface area contributed by atoms with Gasteiger partial charge in [0.05, 0.1) is 5.60 Å². The van der Waals surface area contributed by atoms with Crippen LogP contribution in [-0.2, 0) is 5.60 Å². The van der Waals surface area contributed by atoms with Crippen molar-refractivity contribution in [3.63, 3.8) is 0 Å². The Morgan fingerprint density at radius 3 is 2.21 bits per heavy atom. The van der Waals surface area contributed by atoms with Crippen molar-refractivity contribution in [1.29, 1.82) is 0 Å². The van der Waals surface area contributed by atoms with Crippen LogP contribution in [0.5, 0.6) is 0 Å². The fourth-order valence-electron chi connectivity index (χ4n) is 2.33. The zero-order valence-electron chi connectivity index (χ0n) is 8.40. The van der Waals surface area contributed by atoms with Gasteiger partial charge in [0.25, 0.3) is 0 Å². The smallest absolute Gasteiger partial charge is 0.118 e. The summed E-state index contributed by atoms with van der Waals surface area (Å²) < 4.78 is 0. The van der Waals surface area contributed by atoms with E-state index in [0.29, 0.717) is 12.8 Å². The second-order valence-corrected chi connectivity index (χ2v) is 4.35. The Bertz CT molecular complexity index is 318. The first-order valence-electron chi connectivity index (χ1n) is 5.07. The Hall–Kier alpha value is -0.860. The van der Waals surface area contributed by atoms with Crippen molar-refractivity contribution in [2.75, 3.05) is 0 Å². The van der Waals surface area contributed by atoms with E-state index in [2.05, 4.69) is 0 Å². The van der Waals surface area contributed by atoms with Crippen molar-refractivity contribution in [2.24, 2.45) is 0 Å². The van der Waals surface area contributed by atoms with Gasteiger partial charge in [0.1, 0.15) is 5.60 Å². The molecule has 0 saturated heterocycles. The molecule has 0 heterocycles. The minimum absolute atomic E-state index is 0.643. The lowest BCUT2D eigenvalue weighted by atomic mass is 9.81. The van der Waals surface area contributed by atoms with E-state index >= 15 is 0 Å². The number of aliphatic hydroxyl groups is 2. The molecule has 2 N–H and O–H groups in total. The molecule has 1 saturated carbocycles. The van der Waals surface area contributed by atoms with E-state index in [1.54, 1.807) is 6.92 Å². The van der Waals surface area contributed by atoms with Crippen molar-refractivity contribution in [1.82, 2.24) is 0 Å². The number of benzene rings is 1. The molecule has 2 rings (SSSR count). The van der Waals surface area contributed by atoms with Crippen LogP contribution in [0.4, 0.5) is 0 Å². The van der Waals surface area contributed by atoms with Crippen molar-refractivity contribution in [2.45, 2.75) is 37.4 Å². The standard InChI is InChI=1S/C12H16O2/c1-11(13)8-5-9-12(11,14)10-6-3-2-4-7-10/h2-4,6-7,13-14H,5,8-9H2,1H3. The lowest BCUT2D eigenvalue weighted by Gasteiger charge is -2.35. The van der Waals surface area contributed by atoms with E-state index in [1.807, 2.05) is 30.3 Å². The molecular formula is C12H16O2. The topological polar surface area (TPSA) is 40.5 Å². The van der Waals surface area contributed by atoms with Crippen molar-refractivity contribution in [3.8, 4) is 0 Å². The average Bonchev–Trinajstić information content (AvgIpc) is 2.44. The monoisotopic (exact) mass is 192 g/mol. The van der Waals surface area contributed by atoms with Gasteiger partial charge in [0.2, 0.25) is 0 Å². The van der Waals surface area contributed by atoms with Gasteiger partial charge in [-0.1, -0.05) is 30.3 Å². The molecular weight excluding hydrogens is 176 g/mol. The second-order valence-electron chi connectivity index (χ2n) is 4.35. The molecule has 2 atom stereocenters. The molecule has 1 aliphatic rings. The van der Waals surface area contributed by atoms with Gasteiger partial charge >= 0.3 is 0 Å². The normalized spacial score (nSPS) is 37.4. The Morgan fingerprint density at radius 1 is 1.07 bits per heavy atom. The molecule has 1 aromatic rings. The fourth-order valence-corrected chi connectivity index (χ4v) is 2.33. The Morgan fingerprint density at radius 2 is 1.71 bits per heavy atom. The van der Waals surface area contributed by atoms with Crippen molar-refractivity contribution in [3.05, 3.63) is 35.9 Å². The van der Waals surface area contributed by atoms with Crippen LogP contribution in [0, 0.1) is 0 Å². The Labute approximate surface area is 84.2 Å². The molecule has 1 fully saturated rings. The van der Waals surface area contributed by atoms with Gasteiger partial charge in [-0.05, 0) is 31.7 Å². The summed E-state index contributed by atoms with van der Waals surface area (Å²) in [4.78, 5) is 0. The quantitative estimate of drug-likeness (QED) is 0.712. The maximum Gasteiger partial charge on any atom is 0.118 e. The van der Waals surface area contributed by atoms with E-state index < -0.39 is 11.2 Å². The van der Waals surface area contributed by atoms with Crippen LogP contribution in [0.25, 0.3) is 0 Å². The molecule has 76 valence electrons. The lowest BCUT2D eigenvalue weighted by Crippen LogP contribution is -2.44. The van der Waals surface area contributed by atoms with Crippen LogP contribution in [0.3, 0.4) is 0 Å². The fraction of sp³-hybridized carbons (Fsp3) is 0.500. The van der Waals surface area contributed by atoms with E-state index in [9.17, 15) is 10.2 Å². The number of hydrogen-bond acceptors (Lipinski definition) is 2. The summed E-state index contributed by atoms with van der Waals surface area (Å²) in [5.41, 5.74) is -1.23. The molecule has 2 unspecified atom stereocenters. The minimum atomic E-state index is -1.06. The summed E-state index contributed by atoms with van der Waals surface area (Å²) in [6.07, 6.45) is 2.18. The van der Waals surface area contributed by atoms with Crippen LogP contribution >= 0.6 is 0 Å². The molecule has 2 nitrogen and oxygen atoms in total. The summed E-state index contributed by atoms with van der Waals surface area (Å²) in [5.74, 6) is 0. The first-order valence-corrected chi connectivity index (χ1v) is 5.07. The lowest BCUT2D eigenvalue weighted by molar-refractivity contribution is -0.125. The summed E-state index contributed by atoms with van der Waals surface area (Å²) in [6.45, 7) is 1.72. The van der Waals surface area contributed by atoms with Gasteiger partial charge in [-0.3, -0.25) is 0 Å². The van der Waals surface area contributed by atoms with Crippen molar-refractivity contribution < 1.29 is 10.2 Å². The van der Waals surface area contributed by atoms with Crippen LogP contribution in [-0.4, -0.2) is 15.8 Å². The van der Waals surface area contributed by atoms with Gasteiger partial charge in [0, 0.05) is 0 Å². The third-order valence-electron chi connectivity index (χ3n) is 3.34. The predicted molar refractivity (Wildman–Crippen MR) is 54.8 cm³/mol. The molecule has 0 radical (unpaired) electrons. The molecule has 1 aromatic carbocycles. The Kier molecular flexibility index (Phi) is 2.13. The van der Waals surface area contributed by atoms with Gasteiger partial charge in [-0.15, -0.1) is 0 Å². The van der Waals surface area contributed by atoms with E-state index in [-0.39, 0.29) is 0 Å². The maximum absolute atomic E-state index is 10.4. The summed E-state index contributed by atoms with van der Waals surface area (Å²) in [7, 11) is 0. The number of rotatable bonds is 1. The van der Waals surface area contributed by atoms with Crippen LogP contribution in [0.2, 0.25) is 0 Å². The number of hydrogen-bond donors (Lipinski definition) is 2. The molecule has 0 bridgehead atoms. The average molecular weight is 192 g/mol. The van der Waals surface area contributed by atoms with Gasteiger partial charge < -0.3 is 10.2 Å². The third-order valence-corrected chi connectivity index (χ3v) is 3.34. The largest absolute Gasteiger partial charge is 0.387 e. The summed E-state index contributed by atoms with van der Waals surface area (Å²) in [6, 6.07) is 9.44. The Balaban J connectivity index is 2.42. The molecule has 0 spiro atoms. The molecule has 0 amide bonds. The zero-order chi connectivity index (χ0) is 10.2. The van der Waals surface area contributed by atoms with Crippen LogP contribution in [0.15, 0.2) is 30.3 Å². The highest BCUT2D eigenvalue weighted by molar-refractivity contribution is 5.27. The molecule has 0 aliphatic heterocycles. The van der Waals surface area contributed by atoms with Gasteiger partial charge in [-0.25, -0.2) is 0 Å².